The van der Waals surface area contributed by atoms with Crippen molar-refractivity contribution in [3.05, 3.63) is 71.4 Å². The van der Waals surface area contributed by atoms with E-state index in [0.29, 0.717) is 37.9 Å². The molecule has 0 saturated carbocycles. The minimum Gasteiger partial charge on any atom is -0.338 e. The molecule has 2 aromatic carbocycles. The van der Waals surface area contributed by atoms with Crippen LogP contribution in [0.25, 0.3) is 11.4 Å². The number of aromatic nitrogens is 2. The van der Waals surface area contributed by atoms with E-state index < -0.39 is 0 Å². The number of carbonyl (C=O) groups is 1. The van der Waals surface area contributed by atoms with Gasteiger partial charge in [0.2, 0.25) is 17.6 Å². The highest BCUT2D eigenvalue weighted by Gasteiger charge is 2.23. The Morgan fingerprint density at radius 2 is 1.82 bits per heavy atom. The van der Waals surface area contributed by atoms with Gasteiger partial charge in [0.05, 0.1) is 13.1 Å². The first-order valence-electron chi connectivity index (χ1n) is 11.4. The van der Waals surface area contributed by atoms with Crippen molar-refractivity contribution in [3.63, 3.8) is 0 Å². The summed E-state index contributed by atoms with van der Waals surface area (Å²) in [4.78, 5) is 23.5. The molecule has 0 aliphatic carbocycles. The van der Waals surface area contributed by atoms with Gasteiger partial charge in [0.15, 0.2) is 0 Å². The number of likely N-dealkylation sites (N-methyl/N-ethyl adjacent to an activating group) is 1. The molecule has 1 amide bonds. The molecule has 0 bridgehead atoms. The van der Waals surface area contributed by atoms with Crippen LogP contribution in [0, 0.1) is 12.7 Å². The van der Waals surface area contributed by atoms with E-state index in [0.717, 1.165) is 37.3 Å². The third kappa shape index (κ3) is 6.24. The summed E-state index contributed by atoms with van der Waals surface area (Å²) in [6, 6.07) is 14.5. The first-order valence-corrected chi connectivity index (χ1v) is 11.4. The van der Waals surface area contributed by atoms with Crippen LogP contribution in [0.1, 0.15) is 23.9 Å². The largest absolute Gasteiger partial charge is 0.338 e. The van der Waals surface area contributed by atoms with E-state index in [9.17, 15) is 9.18 Å². The van der Waals surface area contributed by atoms with Gasteiger partial charge >= 0.3 is 0 Å². The first kappa shape index (κ1) is 23.1. The Bertz CT molecular complexity index is 1060. The monoisotopic (exact) mass is 451 g/mol. The lowest BCUT2D eigenvalue weighted by Crippen LogP contribution is -2.49. The lowest BCUT2D eigenvalue weighted by Gasteiger charge is -2.34. The molecule has 0 spiro atoms. The van der Waals surface area contributed by atoms with Crippen LogP contribution in [0.5, 0.6) is 0 Å². The number of hydrogen-bond donors (Lipinski definition) is 0. The van der Waals surface area contributed by atoms with Gasteiger partial charge in [-0.05, 0) is 31.5 Å². The number of benzene rings is 2. The summed E-state index contributed by atoms with van der Waals surface area (Å²) in [6.07, 6.45) is 0. The molecule has 1 saturated heterocycles. The fraction of sp³-hybridized carbons (Fsp3) is 0.400. The van der Waals surface area contributed by atoms with Gasteiger partial charge in [0.25, 0.3) is 0 Å². The highest BCUT2D eigenvalue weighted by Crippen LogP contribution is 2.17. The SMILES string of the molecule is CCN(Cc1cccc(F)c1)C(=O)CN1CCN(Cc2nc(-c3ccc(C)cc3)no2)CC1. The van der Waals surface area contributed by atoms with Gasteiger partial charge in [0, 0.05) is 44.8 Å². The van der Waals surface area contributed by atoms with E-state index in [4.69, 9.17) is 4.52 Å². The summed E-state index contributed by atoms with van der Waals surface area (Å²) in [7, 11) is 0. The van der Waals surface area contributed by atoms with Crippen molar-refractivity contribution in [1.82, 2.24) is 24.8 Å². The molecule has 0 radical (unpaired) electrons. The molecule has 0 unspecified atom stereocenters. The fourth-order valence-corrected chi connectivity index (χ4v) is 3.96. The van der Waals surface area contributed by atoms with Crippen LogP contribution in [0.4, 0.5) is 4.39 Å². The van der Waals surface area contributed by atoms with Gasteiger partial charge in [-0.15, -0.1) is 0 Å². The van der Waals surface area contributed by atoms with Gasteiger partial charge in [-0.1, -0.05) is 47.1 Å². The van der Waals surface area contributed by atoms with Gasteiger partial charge in [-0.25, -0.2) is 4.39 Å². The van der Waals surface area contributed by atoms with Gasteiger partial charge < -0.3 is 9.42 Å². The summed E-state index contributed by atoms with van der Waals surface area (Å²) in [5, 5.41) is 4.11. The molecule has 1 aliphatic rings. The zero-order chi connectivity index (χ0) is 23.2. The minimum absolute atomic E-state index is 0.0647. The maximum Gasteiger partial charge on any atom is 0.241 e. The second-order valence-electron chi connectivity index (χ2n) is 8.47. The molecule has 0 atom stereocenters. The zero-order valence-electron chi connectivity index (χ0n) is 19.2. The molecule has 1 aromatic heterocycles. The van der Waals surface area contributed by atoms with Crippen LogP contribution in [0.15, 0.2) is 53.1 Å². The van der Waals surface area contributed by atoms with Crippen molar-refractivity contribution in [2.75, 3.05) is 39.3 Å². The lowest BCUT2D eigenvalue weighted by atomic mass is 10.1. The van der Waals surface area contributed by atoms with Gasteiger partial charge in [0.1, 0.15) is 5.82 Å². The predicted octanol–water partition coefficient (Wildman–Crippen LogP) is 3.35. The van der Waals surface area contributed by atoms with E-state index in [1.807, 2.05) is 44.2 Å². The maximum atomic E-state index is 13.5. The third-order valence-electron chi connectivity index (χ3n) is 5.96. The first-order chi connectivity index (χ1) is 16.0. The summed E-state index contributed by atoms with van der Waals surface area (Å²) in [6.45, 7) is 9.22. The van der Waals surface area contributed by atoms with Crippen LogP contribution >= 0.6 is 0 Å². The number of nitrogens with zero attached hydrogens (tertiary/aromatic N) is 5. The minimum atomic E-state index is -0.278. The molecule has 4 rings (SSSR count). The van der Waals surface area contributed by atoms with Crippen LogP contribution in [-0.2, 0) is 17.9 Å². The average molecular weight is 452 g/mol. The Balaban J connectivity index is 1.25. The maximum absolute atomic E-state index is 13.5. The van der Waals surface area contributed by atoms with Gasteiger partial charge in [-0.3, -0.25) is 14.6 Å². The normalized spacial score (nSPS) is 15.0. The topological polar surface area (TPSA) is 65.7 Å². The molecule has 7 nitrogen and oxygen atoms in total. The highest BCUT2D eigenvalue weighted by atomic mass is 19.1. The van der Waals surface area contributed by atoms with Crippen LogP contribution in [0.2, 0.25) is 0 Å². The zero-order valence-corrected chi connectivity index (χ0v) is 19.2. The Labute approximate surface area is 193 Å². The second kappa shape index (κ2) is 10.7. The number of hydrogen-bond acceptors (Lipinski definition) is 6. The molecule has 8 heteroatoms. The fourth-order valence-electron chi connectivity index (χ4n) is 3.96. The summed E-state index contributed by atoms with van der Waals surface area (Å²) in [5.74, 6) is 0.990. The smallest absolute Gasteiger partial charge is 0.241 e. The molecule has 0 N–H and O–H groups in total. The Morgan fingerprint density at radius 1 is 1.09 bits per heavy atom. The van der Waals surface area contributed by atoms with E-state index in [-0.39, 0.29) is 11.7 Å². The quantitative estimate of drug-likeness (QED) is 0.523. The summed E-state index contributed by atoms with van der Waals surface area (Å²) in [5.41, 5.74) is 2.94. The van der Waals surface area contributed by atoms with E-state index in [2.05, 4.69) is 19.9 Å². The van der Waals surface area contributed by atoms with Crippen molar-refractivity contribution in [2.45, 2.75) is 26.9 Å². The van der Waals surface area contributed by atoms with Crippen molar-refractivity contribution in [2.24, 2.45) is 0 Å². The molecule has 2 heterocycles. The van der Waals surface area contributed by atoms with Crippen LogP contribution in [-0.4, -0.2) is 70.0 Å². The van der Waals surface area contributed by atoms with Crippen LogP contribution < -0.4 is 0 Å². The van der Waals surface area contributed by atoms with E-state index >= 15 is 0 Å². The second-order valence-corrected chi connectivity index (χ2v) is 8.47. The number of halogens is 1. The number of carbonyl (C=O) groups excluding carboxylic acids is 1. The molecule has 174 valence electrons. The molecule has 33 heavy (non-hydrogen) atoms. The number of piperazine rings is 1. The van der Waals surface area contributed by atoms with Crippen molar-refractivity contribution >= 4 is 5.91 Å². The highest BCUT2D eigenvalue weighted by molar-refractivity contribution is 5.78. The summed E-state index contributed by atoms with van der Waals surface area (Å²) < 4.78 is 18.9. The third-order valence-corrected chi connectivity index (χ3v) is 5.96. The van der Waals surface area contributed by atoms with Crippen molar-refractivity contribution in [3.8, 4) is 11.4 Å². The molecular weight excluding hydrogens is 421 g/mol. The average Bonchev–Trinajstić information content (AvgIpc) is 3.27. The van der Waals surface area contributed by atoms with Gasteiger partial charge in [-0.2, -0.15) is 4.98 Å². The standard InChI is InChI=1S/C25H30FN5O2/c1-3-31(16-20-5-4-6-22(26)15-20)24(32)18-30-13-11-29(12-14-30)17-23-27-25(28-33-23)21-9-7-19(2)8-10-21/h4-10,15H,3,11-14,16-18H2,1-2H3. The summed E-state index contributed by atoms with van der Waals surface area (Å²) >= 11 is 0. The number of rotatable bonds is 8. The van der Waals surface area contributed by atoms with E-state index in [1.54, 1.807) is 11.0 Å². The van der Waals surface area contributed by atoms with Crippen LogP contribution in [0.3, 0.4) is 0 Å². The molecular formula is C25H30FN5O2. The van der Waals surface area contributed by atoms with Crippen molar-refractivity contribution in [1.29, 1.82) is 0 Å². The number of amides is 1. The number of aryl methyl sites for hydroxylation is 1. The Hall–Kier alpha value is -3.10. The molecule has 3 aromatic rings. The lowest BCUT2D eigenvalue weighted by molar-refractivity contribution is -0.133. The van der Waals surface area contributed by atoms with Crippen molar-refractivity contribution < 1.29 is 13.7 Å². The molecule has 1 fully saturated rings. The van der Waals surface area contributed by atoms with E-state index in [1.165, 1.54) is 17.7 Å². The Morgan fingerprint density at radius 3 is 2.52 bits per heavy atom. The predicted molar refractivity (Wildman–Crippen MR) is 124 cm³/mol. The molecule has 1 aliphatic heterocycles. The Kier molecular flexibility index (Phi) is 7.47.